The lowest BCUT2D eigenvalue weighted by Gasteiger charge is -2.17. The average molecular weight is 516 g/mol. The van der Waals surface area contributed by atoms with Gasteiger partial charge in [-0.1, -0.05) is 52.7 Å². The second-order valence-corrected chi connectivity index (χ2v) is 9.21. The van der Waals surface area contributed by atoms with Gasteiger partial charge in [0.2, 0.25) is 5.95 Å². The van der Waals surface area contributed by atoms with Crippen LogP contribution in [0, 0.1) is 6.92 Å². The van der Waals surface area contributed by atoms with Gasteiger partial charge in [0.05, 0.1) is 47.4 Å². The lowest BCUT2D eigenvalue weighted by atomic mass is 10.1. The molecule has 2 aromatic heterocycles. The zero-order valence-electron chi connectivity index (χ0n) is 19.1. The summed E-state index contributed by atoms with van der Waals surface area (Å²) in [5.74, 6) is 1.34. The fourth-order valence-corrected chi connectivity index (χ4v) is 5.11. The molecule has 0 aliphatic carbocycles. The first-order valence-electron chi connectivity index (χ1n) is 10.4. The SMILES string of the molecule is C=CC(C)Nc1cccc(C)c1Nc1ncc2nc(-c3c(Cl)c(OC)cc(OC)c3Cl)sc2n1. The van der Waals surface area contributed by atoms with Crippen molar-refractivity contribution in [2.45, 2.75) is 19.9 Å². The molecule has 176 valence electrons. The normalized spacial score (nSPS) is 11.8. The number of anilines is 3. The molecule has 2 N–H and O–H groups in total. The fourth-order valence-electron chi connectivity index (χ4n) is 3.35. The quantitative estimate of drug-likeness (QED) is 0.242. The molecule has 4 rings (SSSR count). The maximum atomic E-state index is 6.57. The lowest BCUT2D eigenvalue weighted by molar-refractivity contribution is 0.395. The third kappa shape index (κ3) is 4.61. The Morgan fingerprint density at radius 1 is 1.12 bits per heavy atom. The van der Waals surface area contributed by atoms with Crippen LogP contribution in [0.1, 0.15) is 12.5 Å². The molecule has 0 bridgehead atoms. The molecule has 2 heterocycles. The Morgan fingerprint density at radius 3 is 2.47 bits per heavy atom. The van der Waals surface area contributed by atoms with Gasteiger partial charge in [-0.05, 0) is 25.5 Å². The van der Waals surface area contributed by atoms with Gasteiger partial charge < -0.3 is 20.1 Å². The molecule has 7 nitrogen and oxygen atoms in total. The van der Waals surface area contributed by atoms with Crippen molar-refractivity contribution >= 4 is 62.2 Å². The largest absolute Gasteiger partial charge is 0.495 e. The molecule has 0 amide bonds. The third-order valence-corrected chi connectivity index (χ3v) is 6.92. The Morgan fingerprint density at radius 2 is 1.82 bits per heavy atom. The number of aromatic nitrogens is 3. The Kier molecular flexibility index (Phi) is 7.11. The highest BCUT2D eigenvalue weighted by Gasteiger charge is 2.22. The second-order valence-electron chi connectivity index (χ2n) is 7.48. The zero-order valence-corrected chi connectivity index (χ0v) is 21.4. The van der Waals surface area contributed by atoms with Crippen LogP contribution in [0.3, 0.4) is 0 Å². The van der Waals surface area contributed by atoms with Crippen molar-refractivity contribution in [3.05, 3.63) is 58.7 Å². The van der Waals surface area contributed by atoms with Gasteiger partial charge in [-0.25, -0.2) is 9.97 Å². The first-order chi connectivity index (χ1) is 16.4. The molecule has 0 saturated carbocycles. The van der Waals surface area contributed by atoms with E-state index in [1.807, 2.05) is 38.1 Å². The van der Waals surface area contributed by atoms with Gasteiger partial charge in [0.15, 0.2) is 0 Å². The maximum absolute atomic E-state index is 6.57. The summed E-state index contributed by atoms with van der Waals surface area (Å²) in [4.78, 5) is 14.5. The maximum Gasteiger partial charge on any atom is 0.228 e. The molecule has 34 heavy (non-hydrogen) atoms. The third-order valence-electron chi connectivity index (χ3n) is 5.18. The number of hydrogen-bond donors (Lipinski definition) is 2. The van der Waals surface area contributed by atoms with Crippen molar-refractivity contribution in [3.63, 3.8) is 0 Å². The Hall–Kier alpha value is -3.07. The number of para-hydroxylation sites is 1. The van der Waals surface area contributed by atoms with Gasteiger partial charge in [-0.2, -0.15) is 4.98 Å². The number of halogens is 2. The van der Waals surface area contributed by atoms with Crippen molar-refractivity contribution in [2.75, 3.05) is 24.9 Å². The van der Waals surface area contributed by atoms with Crippen molar-refractivity contribution < 1.29 is 9.47 Å². The van der Waals surface area contributed by atoms with E-state index >= 15 is 0 Å². The zero-order chi connectivity index (χ0) is 24.4. The van der Waals surface area contributed by atoms with Crippen molar-refractivity contribution in [2.24, 2.45) is 0 Å². The van der Waals surface area contributed by atoms with Gasteiger partial charge in [0, 0.05) is 12.1 Å². The molecule has 2 aromatic carbocycles. The summed E-state index contributed by atoms with van der Waals surface area (Å²) in [7, 11) is 3.06. The molecule has 1 unspecified atom stereocenters. The first-order valence-corrected chi connectivity index (χ1v) is 11.9. The molecular weight excluding hydrogens is 493 g/mol. The second kappa shape index (κ2) is 10.0. The van der Waals surface area contributed by atoms with E-state index in [1.165, 1.54) is 25.6 Å². The predicted molar refractivity (Wildman–Crippen MR) is 142 cm³/mol. The summed E-state index contributed by atoms with van der Waals surface area (Å²) in [6.07, 6.45) is 3.51. The van der Waals surface area contributed by atoms with Gasteiger partial charge in [0.1, 0.15) is 26.9 Å². The van der Waals surface area contributed by atoms with Crippen LogP contribution < -0.4 is 20.1 Å². The Balaban J connectivity index is 1.74. The number of methoxy groups -OCH3 is 2. The molecule has 0 aliphatic heterocycles. The number of benzene rings is 2. The average Bonchev–Trinajstić information content (AvgIpc) is 3.24. The Bertz CT molecular complexity index is 1350. The lowest BCUT2D eigenvalue weighted by Crippen LogP contribution is -2.13. The molecule has 0 spiro atoms. The smallest absolute Gasteiger partial charge is 0.228 e. The minimum Gasteiger partial charge on any atom is -0.495 e. The molecule has 10 heteroatoms. The Labute approximate surface area is 211 Å². The number of fused-ring (bicyclic) bond motifs is 1. The predicted octanol–water partition coefficient (Wildman–Crippen LogP) is 7.12. The first kappa shape index (κ1) is 24.1. The summed E-state index contributed by atoms with van der Waals surface area (Å²) in [6, 6.07) is 7.76. The molecule has 4 aromatic rings. The van der Waals surface area contributed by atoms with E-state index in [1.54, 1.807) is 12.3 Å². The van der Waals surface area contributed by atoms with Crippen LogP contribution in [0.5, 0.6) is 11.5 Å². The van der Waals surface area contributed by atoms with Gasteiger partial charge >= 0.3 is 0 Å². The standard InChI is InChI=1S/C24H23Cl2N5O2S/c1-6-13(3)28-14-9-7-8-12(2)21(14)30-24-27-11-15-22(31-24)34-23(29-15)18-19(25)16(32-4)10-17(33-5)20(18)26/h6-11,13,28H,1H2,2-5H3,(H,27,30,31). The topological polar surface area (TPSA) is 81.2 Å². The van der Waals surface area contributed by atoms with Crippen molar-refractivity contribution in [1.29, 1.82) is 0 Å². The summed E-state index contributed by atoms with van der Waals surface area (Å²) >= 11 is 14.5. The highest BCUT2D eigenvalue weighted by atomic mass is 35.5. The molecule has 0 saturated heterocycles. The van der Waals surface area contributed by atoms with Crippen LogP contribution in [-0.2, 0) is 0 Å². The van der Waals surface area contributed by atoms with E-state index < -0.39 is 0 Å². The van der Waals surface area contributed by atoms with Crippen LogP contribution >= 0.6 is 34.5 Å². The van der Waals surface area contributed by atoms with Crippen LogP contribution in [0.15, 0.2) is 43.1 Å². The number of ether oxygens (including phenoxy) is 2. The van der Waals surface area contributed by atoms with E-state index in [0.29, 0.717) is 48.4 Å². The summed E-state index contributed by atoms with van der Waals surface area (Å²) < 4.78 is 10.8. The van der Waals surface area contributed by atoms with Crippen LogP contribution in [0.4, 0.5) is 17.3 Å². The van der Waals surface area contributed by atoms with Gasteiger partial charge in [-0.15, -0.1) is 6.58 Å². The molecule has 0 fully saturated rings. The number of rotatable bonds is 8. The van der Waals surface area contributed by atoms with E-state index in [-0.39, 0.29) is 6.04 Å². The number of hydrogen-bond acceptors (Lipinski definition) is 8. The highest BCUT2D eigenvalue weighted by Crippen LogP contribution is 2.47. The van der Waals surface area contributed by atoms with E-state index in [0.717, 1.165) is 16.9 Å². The van der Waals surface area contributed by atoms with Crippen LogP contribution in [-0.4, -0.2) is 35.2 Å². The van der Waals surface area contributed by atoms with E-state index in [4.69, 9.17) is 32.7 Å². The molecular formula is C24H23Cl2N5O2S. The van der Waals surface area contributed by atoms with Crippen LogP contribution in [0.25, 0.3) is 20.9 Å². The monoisotopic (exact) mass is 515 g/mol. The summed E-state index contributed by atoms with van der Waals surface area (Å²) in [5, 5.41) is 8.05. The minimum atomic E-state index is 0.101. The van der Waals surface area contributed by atoms with Crippen LogP contribution in [0.2, 0.25) is 10.0 Å². The fraction of sp³-hybridized carbons (Fsp3) is 0.208. The number of nitrogens with zero attached hydrogens (tertiary/aromatic N) is 3. The number of thiazole rings is 1. The highest BCUT2D eigenvalue weighted by molar-refractivity contribution is 7.21. The van der Waals surface area contributed by atoms with E-state index in [9.17, 15) is 0 Å². The summed E-state index contributed by atoms with van der Waals surface area (Å²) in [6.45, 7) is 7.90. The molecule has 0 aliphatic rings. The summed E-state index contributed by atoms with van der Waals surface area (Å²) in [5.41, 5.74) is 4.03. The molecule has 1 atom stereocenters. The molecule has 0 radical (unpaired) electrons. The number of nitrogens with one attached hydrogen (secondary N) is 2. The van der Waals surface area contributed by atoms with Crippen molar-refractivity contribution in [1.82, 2.24) is 15.0 Å². The van der Waals surface area contributed by atoms with Crippen molar-refractivity contribution in [3.8, 4) is 22.1 Å². The minimum absolute atomic E-state index is 0.101. The van der Waals surface area contributed by atoms with Gasteiger partial charge in [-0.3, -0.25) is 0 Å². The van der Waals surface area contributed by atoms with E-state index in [2.05, 4.69) is 32.2 Å². The van der Waals surface area contributed by atoms with Gasteiger partial charge in [0.25, 0.3) is 0 Å². The number of aryl methyl sites for hydroxylation is 1.